The summed E-state index contributed by atoms with van der Waals surface area (Å²) in [5, 5.41) is 4.19. The number of amides is 1. The molecule has 4 rings (SSSR count). The highest BCUT2D eigenvalue weighted by Gasteiger charge is 2.31. The molecule has 1 amide bonds. The first-order chi connectivity index (χ1) is 13.4. The van der Waals surface area contributed by atoms with Crippen LogP contribution in [0.15, 0.2) is 41.4 Å². The van der Waals surface area contributed by atoms with Gasteiger partial charge in [-0.2, -0.15) is 9.29 Å². The summed E-state index contributed by atoms with van der Waals surface area (Å²) in [6.07, 6.45) is 1.59. The van der Waals surface area contributed by atoms with Crippen LogP contribution < -0.4 is 0 Å². The zero-order valence-corrected chi connectivity index (χ0v) is 15.8. The minimum atomic E-state index is -3.81. The van der Waals surface area contributed by atoms with Crippen molar-refractivity contribution >= 4 is 21.7 Å². The van der Waals surface area contributed by atoms with Gasteiger partial charge in [-0.1, -0.05) is 6.07 Å². The van der Waals surface area contributed by atoms with Gasteiger partial charge in [-0.15, -0.1) is 5.10 Å². The number of fused-ring (bicyclic) bond motifs is 1. The molecule has 0 unspecified atom stereocenters. The SMILES string of the molecule is Cc1ccnc2nc(C(=O)N3CCN(S(=O)(=O)c4cccc(F)c4)CC3)nn12. The second-order valence-electron chi connectivity index (χ2n) is 6.39. The van der Waals surface area contributed by atoms with E-state index in [4.69, 9.17) is 0 Å². The Morgan fingerprint density at radius 2 is 1.89 bits per heavy atom. The molecule has 1 aliphatic rings. The van der Waals surface area contributed by atoms with Gasteiger partial charge in [-0.3, -0.25) is 4.79 Å². The molecule has 0 radical (unpaired) electrons. The third kappa shape index (κ3) is 3.22. The standard InChI is InChI=1S/C17H17FN6O3S/c1-12-5-6-19-17-20-15(21-24(12)17)16(25)22-7-9-23(10-8-22)28(26,27)14-4-2-3-13(18)11-14/h2-6,11H,7-10H2,1H3. The van der Waals surface area contributed by atoms with E-state index in [9.17, 15) is 17.6 Å². The highest BCUT2D eigenvalue weighted by Crippen LogP contribution is 2.19. The van der Waals surface area contributed by atoms with Gasteiger partial charge in [0.05, 0.1) is 4.90 Å². The number of carbonyl (C=O) groups excluding carboxylic acids is 1. The van der Waals surface area contributed by atoms with E-state index < -0.39 is 15.8 Å². The van der Waals surface area contributed by atoms with Crippen molar-refractivity contribution in [2.45, 2.75) is 11.8 Å². The van der Waals surface area contributed by atoms with Crippen molar-refractivity contribution in [3.8, 4) is 0 Å². The van der Waals surface area contributed by atoms with Gasteiger partial charge in [0.1, 0.15) is 5.82 Å². The summed E-state index contributed by atoms with van der Waals surface area (Å²) >= 11 is 0. The molecule has 1 saturated heterocycles. The molecular weight excluding hydrogens is 387 g/mol. The maximum Gasteiger partial charge on any atom is 0.293 e. The lowest BCUT2D eigenvalue weighted by atomic mass is 10.3. The van der Waals surface area contributed by atoms with Crippen LogP contribution in [0.1, 0.15) is 16.3 Å². The largest absolute Gasteiger partial charge is 0.333 e. The highest BCUT2D eigenvalue weighted by molar-refractivity contribution is 7.89. The molecule has 9 nitrogen and oxygen atoms in total. The van der Waals surface area contributed by atoms with Crippen molar-refractivity contribution in [3.05, 3.63) is 53.9 Å². The number of benzene rings is 1. The molecule has 0 N–H and O–H groups in total. The van der Waals surface area contributed by atoms with Crippen LogP contribution in [-0.4, -0.2) is 69.3 Å². The van der Waals surface area contributed by atoms with Crippen LogP contribution in [0.3, 0.4) is 0 Å². The Kier molecular flexibility index (Phi) is 4.55. The number of rotatable bonds is 3. The van der Waals surface area contributed by atoms with E-state index >= 15 is 0 Å². The molecule has 0 aliphatic carbocycles. The van der Waals surface area contributed by atoms with Crippen molar-refractivity contribution in [1.29, 1.82) is 0 Å². The number of hydrogen-bond acceptors (Lipinski definition) is 6. The van der Waals surface area contributed by atoms with E-state index in [1.54, 1.807) is 12.3 Å². The molecule has 1 aromatic carbocycles. The first kappa shape index (κ1) is 18.4. The molecule has 2 aromatic heterocycles. The molecule has 1 fully saturated rings. The van der Waals surface area contributed by atoms with Gasteiger partial charge < -0.3 is 4.90 Å². The summed E-state index contributed by atoms with van der Waals surface area (Å²) in [6, 6.07) is 6.64. The molecular formula is C17H17FN6O3S. The Balaban J connectivity index is 1.49. The van der Waals surface area contributed by atoms with Crippen LogP contribution in [0.2, 0.25) is 0 Å². The number of sulfonamides is 1. The fraction of sp³-hybridized carbons (Fsp3) is 0.294. The molecule has 3 heterocycles. The lowest BCUT2D eigenvalue weighted by Crippen LogP contribution is -2.50. The Hall–Kier alpha value is -2.92. The Morgan fingerprint density at radius 1 is 1.14 bits per heavy atom. The Morgan fingerprint density at radius 3 is 2.57 bits per heavy atom. The summed E-state index contributed by atoms with van der Waals surface area (Å²) in [4.78, 5) is 22.3. The molecule has 0 bridgehead atoms. The number of nitrogens with zero attached hydrogens (tertiary/aromatic N) is 6. The van der Waals surface area contributed by atoms with Crippen LogP contribution in [0.5, 0.6) is 0 Å². The minimum absolute atomic E-state index is 0.0169. The van der Waals surface area contributed by atoms with E-state index in [1.165, 1.54) is 31.9 Å². The Bertz CT molecular complexity index is 1150. The van der Waals surface area contributed by atoms with Crippen LogP contribution in [0.4, 0.5) is 4.39 Å². The normalized spacial score (nSPS) is 15.9. The summed E-state index contributed by atoms with van der Waals surface area (Å²) in [5.41, 5.74) is 0.794. The van der Waals surface area contributed by atoms with Crippen molar-refractivity contribution in [3.63, 3.8) is 0 Å². The maximum atomic E-state index is 13.4. The zero-order valence-electron chi connectivity index (χ0n) is 15.0. The van der Waals surface area contributed by atoms with E-state index in [2.05, 4.69) is 15.1 Å². The van der Waals surface area contributed by atoms with Gasteiger partial charge in [-0.05, 0) is 31.2 Å². The third-order valence-electron chi connectivity index (χ3n) is 4.58. The summed E-state index contributed by atoms with van der Waals surface area (Å²) in [7, 11) is -3.81. The third-order valence-corrected chi connectivity index (χ3v) is 6.48. The molecule has 3 aromatic rings. The maximum absolute atomic E-state index is 13.4. The molecule has 11 heteroatoms. The number of halogens is 1. The average molecular weight is 404 g/mol. The van der Waals surface area contributed by atoms with Gasteiger partial charge in [0.2, 0.25) is 15.8 Å². The van der Waals surface area contributed by atoms with Gasteiger partial charge in [0.15, 0.2) is 0 Å². The first-order valence-corrected chi connectivity index (χ1v) is 10.0. The van der Waals surface area contributed by atoms with Gasteiger partial charge in [0, 0.05) is 38.1 Å². The van der Waals surface area contributed by atoms with Crippen molar-refractivity contribution in [2.75, 3.05) is 26.2 Å². The summed E-state index contributed by atoms with van der Waals surface area (Å²) in [6.45, 7) is 2.42. The fourth-order valence-electron chi connectivity index (χ4n) is 3.05. The number of aryl methyl sites for hydroxylation is 1. The van der Waals surface area contributed by atoms with Crippen LogP contribution >= 0.6 is 0 Å². The van der Waals surface area contributed by atoms with E-state index in [0.29, 0.717) is 5.78 Å². The van der Waals surface area contributed by atoms with Gasteiger partial charge in [0.25, 0.3) is 11.7 Å². The molecule has 1 aliphatic heterocycles. The molecule has 28 heavy (non-hydrogen) atoms. The van der Waals surface area contributed by atoms with Crippen molar-refractivity contribution < 1.29 is 17.6 Å². The monoisotopic (exact) mass is 404 g/mol. The first-order valence-electron chi connectivity index (χ1n) is 8.59. The highest BCUT2D eigenvalue weighted by atomic mass is 32.2. The van der Waals surface area contributed by atoms with E-state index in [-0.39, 0.29) is 42.8 Å². The molecule has 146 valence electrons. The fourth-order valence-corrected chi connectivity index (χ4v) is 4.50. The second-order valence-corrected chi connectivity index (χ2v) is 8.33. The quantitative estimate of drug-likeness (QED) is 0.638. The average Bonchev–Trinajstić information content (AvgIpc) is 3.13. The van der Waals surface area contributed by atoms with Gasteiger partial charge >= 0.3 is 0 Å². The Labute approximate surface area is 160 Å². The van der Waals surface area contributed by atoms with E-state index in [1.807, 2.05) is 6.92 Å². The molecule has 0 atom stereocenters. The summed E-state index contributed by atoms with van der Waals surface area (Å²) in [5.74, 6) is -0.650. The lowest BCUT2D eigenvalue weighted by Gasteiger charge is -2.33. The lowest BCUT2D eigenvalue weighted by molar-refractivity contribution is 0.0686. The van der Waals surface area contributed by atoms with Crippen LogP contribution in [0, 0.1) is 12.7 Å². The summed E-state index contributed by atoms with van der Waals surface area (Å²) < 4.78 is 41.4. The van der Waals surface area contributed by atoms with Crippen molar-refractivity contribution in [1.82, 2.24) is 28.8 Å². The predicted octanol–water partition coefficient (Wildman–Crippen LogP) is 0.719. The predicted molar refractivity (Wildman–Crippen MR) is 96.6 cm³/mol. The van der Waals surface area contributed by atoms with Crippen LogP contribution in [-0.2, 0) is 10.0 Å². The van der Waals surface area contributed by atoms with Crippen LogP contribution in [0.25, 0.3) is 5.78 Å². The van der Waals surface area contributed by atoms with Crippen molar-refractivity contribution in [2.24, 2.45) is 0 Å². The number of piperazine rings is 1. The number of carbonyl (C=O) groups is 1. The van der Waals surface area contributed by atoms with Gasteiger partial charge in [-0.25, -0.2) is 22.3 Å². The smallest absolute Gasteiger partial charge is 0.293 e. The molecule has 0 spiro atoms. The number of aromatic nitrogens is 4. The minimum Gasteiger partial charge on any atom is -0.333 e. The zero-order chi connectivity index (χ0) is 19.9. The molecule has 0 saturated carbocycles. The van der Waals surface area contributed by atoms with E-state index in [0.717, 1.165) is 11.8 Å². The topological polar surface area (TPSA) is 101 Å². The second kappa shape index (κ2) is 6.91. The number of hydrogen-bond donors (Lipinski definition) is 0.